The summed E-state index contributed by atoms with van der Waals surface area (Å²) in [5, 5.41) is 7.93. The minimum Gasteiger partial charge on any atom is -0.461 e. The van der Waals surface area contributed by atoms with Crippen LogP contribution in [0, 0.1) is 10.8 Å². The van der Waals surface area contributed by atoms with Crippen LogP contribution in [0.15, 0.2) is 11.3 Å². The Morgan fingerprint density at radius 2 is 2.15 bits per heavy atom. The van der Waals surface area contributed by atoms with Gasteiger partial charge >= 0.3 is 5.97 Å². The van der Waals surface area contributed by atoms with E-state index in [-0.39, 0.29) is 29.3 Å². The fraction of sp³-hybridized carbons (Fsp3) is 0.643. The Kier molecular flexibility index (Phi) is 3.83. The summed E-state index contributed by atoms with van der Waals surface area (Å²) in [5.41, 5.74) is 5.95. The number of rotatable bonds is 4. The Bertz CT molecular complexity index is 492. The second kappa shape index (κ2) is 5.26. The lowest BCUT2D eigenvalue weighted by Gasteiger charge is -2.31. The van der Waals surface area contributed by atoms with Crippen molar-refractivity contribution in [1.29, 1.82) is 5.41 Å². The van der Waals surface area contributed by atoms with Crippen LogP contribution >= 0.6 is 0 Å². The molecule has 1 saturated carbocycles. The molecule has 1 aliphatic heterocycles. The largest absolute Gasteiger partial charge is 0.461 e. The summed E-state index contributed by atoms with van der Waals surface area (Å²) < 4.78 is 4.81. The number of carbonyl (C=O) groups excluding carboxylic acids is 2. The molecule has 1 saturated heterocycles. The second-order valence-electron chi connectivity index (χ2n) is 5.78. The van der Waals surface area contributed by atoms with Crippen LogP contribution in [0.4, 0.5) is 0 Å². The number of hydrogen-bond donors (Lipinski definition) is 2. The van der Waals surface area contributed by atoms with Gasteiger partial charge < -0.3 is 15.4 Å². The number of carbonyl (C=O) groups is 2. The van der Waals surface area contributed by atoms with Crippen LogP contribution in [0.2, 0.25) is 0 Å². The normalized spacial score (nSPS) is 23.6. The Morgan fingerprint density at radius 3 is 2.70 bits per heavy atom. The van der Waals surface area contributed by atoms with E-state index in [1.54, 1.807) is 11.8 Å². The van der Waals surface area contributed by atoms with E-state index in [4.69, 9.17) is 15.9 Å². The zero-order chi connectivity index (χ0) is 14.9. The lowest BCUT2D eigenvalue weighted by Crippen LogP contribution is -2.46. The first kappa shape index (κ1) is 14.6. The molecule has 2 aliphatic rings. The summed E-state index contributed by atoms with van der Waals surface area (Å²) in [6.45, 7) is 5.24. The van der Waals surface area contributed by atoms with E-state index in [0.717, 1.165) is 12.8 Å². The molecular formula is C14H21N3O3. The summed E-state index contributed by atoms with van der Waals surface area (Å²) >= 11 is 0. The van der Waals surface area contributed by atoms with Gasteiger partial charge in [-0.2, -0.15) is 0 Å². The fourth-order valence-corrected chi connectivity index (χ4v) is 2.35. The maximum atomic E-state index is 12.2. The van der Waals surface area contributed by atoms with Gasteiger partial charge in [-0.25, -0.2) is 4.79 Å². The first-order valence-electron chi connectivity index (χ1n) is 6.92. The van der Waals surface area contributed by atoms with Crippen molar-refractivity contribution in [3.8, 4) is 0 Å². The smallest absolute Gasteiger partial charge is 0.354 e. The van der Waals surface area contributed by atoms with E-state index < -0.39 is 5.97 Å². The molecule has 3 N–H and O–H groups in total. The van der Waals surface area contributed by atoms with Crippen molar-refractivity contribution in [2.75, 3.05) is 19.7 Å². The predicted molar refractivity (Wildman–Crippen MR) is 74.1 cm³/mol. The molecule has 0 radical (unpaired) electrons. The number of amides is 1. The minimum atomic E-state index is -0.650. The zero-order valence-electron chi connectivity index (χ0n) is 12.0. The SMILES string of the molecule is CCOC(=O)C(N)=C1CCN(CC2(C)CC2)C(=O)C1=N. The fourth-order valence-electron chi connectivity index (χ4n) is 2.35. The highest BCUT2D eigenvalue weighted by molar-refractivity contribution is 6.45. The summed E-state index contributed by atoms with van der Waals surface area (Å²) in [5.74, 6) is -0.991. The van der Waals surface area contributed by atoms with Crippen molar-refractivity contribution in [3.63, 3.8) is 0 Å². The van der Waals surface area contributed by atoms with Gasteiger partial charge in [0.05, 0.1) is 6.61 Å². The van der Waals surface area contributed by atoms with Crippen molar-refractivity contribution in [2.24, 2.45) is 11.1 Å². The maximum absolute atomic E-state index is 12.2. The van der Waals surface area contributed by atoms with E-state index in [0.29, 0.717) is 25.1 Å². The number of nitrogens with two attached hydrogens (primary N) is 1. The minimum absolute atomic E-state index is 0.109. The molecular weight excluding hydrogens is 258 g/mol. The van der Waals surface area contributed by atoms with E-state index >= 15 is 0 Å². The molecule has 0 spiro atoms. The molecule has 0 aromatic rings. The van der Waals surface area contributed by atoms with E-state index in [9.17, 15) is 9.59 Å². The van der Waals surface area contributed by atoms with Crippen molar-refractivity contribution in [2.45, 2.75) is 33.1 Å². The van der Waals surface area contributed by atoms with Crippen LogP contribution in [-0.4, -0.2) is 42.2 Å². The van der Waals surface area contributed by atoms with Gasteiger partial charge in [-0.05, 0) is 31.6 Å². The molecule has 0 unspecified atom stereocenters. The van der Waals surface area contributed by atoms with Crippen LogP contribution in [-0.2, 0) is 14.3 Å². The summed E-state index contributed by atoms with van der Waals surface area (Å²) in [7, 11) is 0. The number of nitrogens with one attached hydrogen (secondary N) is 1. The molecule has 2 rings (SSSR count). The monoisotopic (exact) mass is 279 g/mol. The topological polar surface area (TPSA) is 96.5 Å². The predicted octanol–water partition coefficient (Wildman–Crippen LogP) is 0.814. The first-order chi connectivity index (χ1) is 9.38. The van der Waals surface area contributed by atoms with Crippen LogP contribution in [0.3, 0.4) is 0 Å². The number of esters is 1. The van der Waals surface area contributed by atoms with Crippen molar-refractivity contribution >= 4 is 17.6 Å². The first-order valence-corrected chi connectivity index (χ1v) is 6.92. The van der Waals surface area contributed by atoms with Crippen molar-refractivity contribution in [3.05, 3.63) is 11.3 Å². The van der Waals surface area contributed by atoms with Gasteiger partial charge in [0.25, 0.3) is 5.91 Å². The molecule has 0 bridgehead atoms. The van der Waals surface area contributed by atoms with Crippen LogP contribution in [0.1, 0.15) is 33.1 Å². The number of ether oxygens (including phenoxy) is 1. The summed E-state index contributed by atoms with van der Waals surface area (Å²) in [6.07, 6.45) is 2.68. The van der Waals surface area contributed by atoms with Gasteiger partial charge in [0.15, 0.2) is 0 Å². The van der Waals surface area contributed by atoms with Crippen molar-refractivity contribution < 1.29 is 14.3 Å². The Hall–Kier alpha value is -1.85. The van der Waals surface area contributed by atoms with Gasteiger partial charge in [-0.1, -0.05) is 6.92 Å². The van der Waals surface area contributed by atoms with Crippen LogP contribution in [0.25, 0.3) is 0 Å². The average molecular weight is 279 g/mol. The maximum Gasteiger partial charge on any atom is 0.354 e. The third kappa shape index (κ3) is 2.84. The third-order valence-electron chi connectivity index (χ3n) is 3.93. The second-order valence-corrected chi connectivity index (χ2v) is 5.78. The number of hydrogen-bond acceptors (Lipinski definition) is 5. The highest BCUT2D eigenvalue weighted by atomic mass is 16.5. The standard InChI is InChI=1S/C14H21N3O3/c1-3-20-13(19)11(16)9-4-7-17(12(18)10(9)15)8-14(2)5-6-14/h15H,3-8,16H2,1-2H3. The molecule has 2 fully saturated rings. The quantitative estimate of drug-likeness (QED) is 0.588. The molecule has 0 aromatic carbocycles. The average Bonchev–Trinajstić information content (AvgIpc) is 3.13. The number of nitrogens with zero attached hydrogens (tertiary/aromatic N) is 1. The number of likely N-dealkylation sites (tertiary alicyclic amines) is 1. The van der Waals surface area contributed by atoms with E-state index in [1.807, 2.05) is 0 Å². The van der Waals surface area contributed by atoms with Crippen LogP contribution in [0.5, 0.6) is 0 Å². The molecule has 0 aromatic heterocycles. The molecule has 6 heteroatoms. The molecule has 1 amide bonds. The molecule has 0 atom stereocenters. The summed E-state index contributed by atoms with van der Waals surface area (Å²) in [4.78, 5) is 25.5. The Balaban J connectivity index is 2.10. The third-order valence-corrected chi connectivity index (χ3v) is 3.93. The molecule has 1 heterocycles. The molecule has 6 nitrogen and oxygen atoms in total. The van der Waals surface area contributed by atoms with Gasteiger partial charge in [-0.15, -0.1) is 0 Å². The molecule has 110 valence electrons. The number of piperidine rings is 1. The molecule has 1 aliphatic carbocycles. The van der Waals surface area contributed by atoms with Gasteiger partial charge in [0.2, 0.25) is 0 Å². The van der Waals surface area contributed by atoms with Crippen molar-refractivity contribution in [1.82, 2.24) is 4.90 Å². The Morgan fingerprint density at radius 1 is 1.50 bits per heavy atom. The lowest BCUT2D eigenvalue weighted by molar-refractivity contribution is -0.138. The highest BCUT2D eigenvalue weighted by Crippen LogP contribution is 2.45. The Labute approximate surface area is 118 Å². The van der Waals surface area contributed by atoms with Gasteiger partial charge in [0.1, 0.15) is 11.4 Å². The van der Waals surface area contributed by atoms with Gasteiger partial charge in [0, 0.05) is 18.7 Å². The zero-order valence-corrected chi connectivity index (χ0v) is 12.0. The van der Waals surface area contributed by atoms with Crippen LogP contribution < -0.4 is 5.73 Å². The van der Waals surface area contributed by atoms with E-state index in [1.165, 1.54) is 0 Å². The summed E-state index contributed by atoms with van der Waals surface area (Å²) in [6, 6.07) is 0. The molecule has 20 heavy (non-hydrogen) atoms. The van der Waals surface area contributed by atoms with Gasteiger partial charge in [-0.3, -0.25) is 10.2 Å². The van der Waals surface area contributed by atoms with E-state index in [2.05, 4.69) is 6.92 Å². The lowest BCUT2D eigenvalue weighted by atomic mass is 9.97. The highest BCUT2D eigenvalue weighted by Gasteiger charge is 2.42.